The standard InChI is InChI=1S/C20H18BrNO2/c1-11-5-10-16(20(23)24)17-14-3-2-4-15(14)19(22-18(11)17)12-6-8-13(21)9-7-12/h2-3,5-10,14-15,19,22H,4H2,1H3,(H,23,24)/t14-,15+,19+/m0/s1. The van der Waals surface area contributed by atoms with Gasteiger partial charge in [-0.1, -0.05) is 46.3 Å². The first kappa shape index (κ1) is 15.5. The molecule has 0 unspecified atom stereocenters. The first-order chi connectivity index (χ1) is 11.6. The molecule has 0 spiro atoms. The number of hydrogen-bond acceptors (Lipinski definition) is 2. The topological polar surface area (TPSA) is 49.3 Å². The molecule has 1 aliphatic carbocycles. The molecule has 0 amide bonds. The molecule has 1 heterocycles. The number of fused-ring (bicyclic) bond motifs is 3. The Labute approximate surface area is 149 Å². The lowest BCUT2D eigenvalue weighted by molar-refractivity contribution is 0.0695. The van der Waals surface area contributed by atoms with Gasteiger partial charge in [0.05, 0.1) is 11.6 Å². The highest BCUT2D eigenvalue weighted by atomic mass is 79.9. The van der Waals surface area contributed by atoms with Crippen molar-refractivity contribution in [1.82, 2.24) is 0 Å². The van der Waals surface area contributed by atoms with Gasteiger partial charge in [0.15, 0.2) is 0 Å². The molecule has 0 bridgehead atoms. The molecule has 0 saturated heterocycles. The zero-order valence-electron chi connectivity index (χ0n) is 13.3. The third-order valence-electron chi connectivity index (χ3n) is 5.19. The Balaban J connectivity index is 1.86. The van der Waals surface area contributed by atoms with E-state index >= 15 is 0 Å². The third kappa shape index (κ3) is 2.37. The van der Waals surface area contributed by atoms with Gasteiger partial charge in [-0.3, -0.25) is 0 Å². The summed E-state index contributed by atoms with van der Waals surface area (Å²) in [7, 11) is 0. The first-order valence-electron chi connectivity index (χ1n) is 8.11. The van der Waals surface area contributed by atoms with Crippen LogP contribution in [0.2, 0.25) is 0 Å². The van der Waals surface area contributed by atoms with Crippen molar-refractivity contribution < 1.29 is 9.90 Å². The largest absolute Gasteiger partial charge is 0.478 e. The van der Waals surface area contributed by atoms with Gasteiger partial charge in [-0.2, -0.15) is 0 Å². The molecule has 3 nitrogen and oxygen atoms in total. The van der Waals surface area contributed by atoms with Crippen LogP contribution in [0.5, 0.6) is 0 Å². The van der Waals surface area contributed by atoms with Crippen LogP contribution in [0.25, 0.3) is 0 Å². The van der Waals surface area contributed by atoms with E-state index in [1.165, 1.54) is 5.56 Å². The van der Waals surface area contributed by atoms with Crippen molar-refractivity contribution in [2.45, 2.75) is 25.3 Å². The summed E-state index contributed by atoms with van der Waals surface area (Å²) in [6.07, 6.45) is 5.33. The summed E-state index contributed by atoms with van der Waals surface area (Å²) in [5, 5.41) is 13.3. The Morgan fingerprint density at radius 3 is 2.67 bits per heavy atom. The Hall–Kier alpha value is -2.07. The maximum absolute atomic E-state index is 11.7. The number of rotatable bonds is 2. The Kier molecular flexibility index (Phi) is 3.72. The number of halogens is 1. The lowest BCUT2D eigenvalue weighted by Crippen LogP contribution is -2.31. The molecule has 3 atom stereocenters. The maximum atomic E-state index is 11.7. The molecular formula is C20H18BrNO2. The molecule has 2 aromatic rings. The second kappa shape index (κ2) is 5.78. The van der Waals surface area contributed by atoms with Gasteiger partial charge in [-0.15, -0.1) is 0 Å². The van der Waals surface area contributed by atoms with Crippen molar-refractivity contribution in [3.05, 3.63) is 75.3 Å². The number of aryl methyl sites for hydroxylation is 1. The van der Waals surface area contributed by atoms with E-state index in [1.807, 2.05) is 13.0 Å². The van der Waals surface area contributed by atoms with Crippen molar-refractivity contribution in [2.24, 2.45) is 5.92 Å². The Morgan fingerprint density at radius 1 is 1.21 bits per heavy atom. The molecule has 2 aromatic carbocycles. The number of aromatic carboxylic acids is 1. The van der Waals surface area contributed by atoms with Crippen LogP contribution in [-0.2, 0) is 0 Å². The zero-order valence-corrected chi connectivity index (χ0v) is 14.9. The van der Waals surface area contributed by atoms with E-state index in [4.69, 9.17) is 0 Å². The number of carboxylic acid groups (broad SMARTS) is 1. The van der Waals surface area contributed by atoms with Gasteiger partial charge in [0, 0.05) is 16.1 Å². The van der Waals surface area contributed by atoms with Crippen LogP contribution in [0.15, 0.2) is 53.0 Å². The number of carboxylic acids is 1. The Bertz CT molecular complexity index is 841. The van der Waals surface area contributed by atoms with Crippen LogP contribution >= 0.6 is 15.9 Å². The van der Waals surface area contributed by atoms with Gasteiger partial charge >= 0.3 is 5.97 Å². The molecule has 122 valence electrons. The number of carbonyl (C=O) groups is 1. The molecule has 0 saturated carbocycles. The zero-order chi connectivity index (χ0) is 16.8. The Morgan fingerprint density at radius 2 is 1.96 bits per heavy atom. The van der Waals surface area contributed by atoms with Gasteiger partial charge in [-0.25, -0.2) is 4.79 Å². The molecule has 2 N–H and O–H groups in total. The summed E-state index contributed by atoms with van der Waals surface area (Å²) in [6.45, 7) is 2.04. The highest BCUT2D eigenvalue weighted by Crippen LogP contribution is 2.51. The molecule has 4 rings (SSSR count). The van der Waals surface area contributed by atoms with Gasteiger partial charge in [0.2, 0.25) is 0 Å². The number of hydrogen-bond donors (Lipinski definition) is 2. The number of benzene rings is 2. The summed E-state index contributed by atoms with van der Waals surface area (Å²) >= 11 is 3.49. The number of anilines is 1. The minimum atomic E-state index is -0.853. The molecule has 0 radical (unpaired) electrons. The summed E-state index contributed by atoms with van der Waals surface area (Å²) in [5.74, 6) is -0.353. The van der Waals surface area contributed by atoms with E-state index in [2.05, 4.69) is 57.7 Å². The van der Waals surface area contributed by atoms with Gasteiger partial charge in [0.25, 0.3) is 0 Å². The van der Waals surface area contributed by atoms with Crippen molar-refractivity contribution in [3.63, 3.8) is 0 Å². The molecule has 24 heavy (non-hydrogen) atoms. The molecule has 0 fully saturated rings. The van der Waals surface area contributed by atoms with Crippen LogP contribution in [0.4, 0.5) is 5.69 Å². The SMILES string of the molecule is Cc1ccc(C(=O)O)c2c1N[C@H](c1ccc(Br)cc1)[C@@H]1CC=C[C@H]21. The monoisotopic (exact) mass is 383 g/mol. The fraction of sp³-hybridized carbons (Fsp3) is 0.250. The molecule has 4 heteroatoms. The van der Waals surface area contributed by atoms with E-state index < -0.39 is 5.97 Å². The van der Waals surface area contributed by atoms with Gasteiger partial charge < -0.3 is 10.4 Å². The van der Waals surface area contributed by atoms with Crippen LogP contribution < -0.4 is 5.32 Å². The molecular weight excluding hydrogens is 366 g/mol. The van der Waals surface area contributed by atoms with Crippen LogP contribution in [0.1, 0.15) is 45.4 Å². The first-order valence-corrected chi connectivity index (χ1v) is 8.91. The van der Waals surface area contributed by atoms with E-state index in [9.17, 15) is 9.90 Å². The predicted octanol–water partition coefficient (Wildman–Crippen LogP) is 5.28. The predicted molar refractivity (Wildman–Crippen MR) is 98.6 cm³/mol. The highest BCUT2D eigenvalue weighted by molar-refractivity contribution is 9.10. The smallest absolute Gasteiger partial charge is 0.336 e. The second-order valence-corrected chi connectivity index (χ2v) is 7.47. The van der Waals surface area contributed by atoms with Gasteiger partial charge in [0.1, 0.15) is 0 Å². The second-order valence-electron chi connectivity index (χ2n) is 6.55. The highest BCUT2D eigenvalue weighted by Gasteiger charge is 2.40. The maximum Gasteiger partial charge on any atom is 0.336 e. The number of allylic oxidation sites excluding steroid dienone is 2. The van der Waals surface area contributed by atoms with E-state index in [0.29, 0.717) is 11.5 Å². The molecule has 1 aliphatic heterocycles. The van der Waals surface area contributed by atoms with Crippen molar-refractivity contribution >= 4 is 27.6 Å². The number of nitrogens with one attached hydrogen (secondary N) is 1. The summed E-state index contributed by atoms with van der Waals surface area (Å²) < 4.78 is 1.06. The minimum Gasteiger partial charge on any atom is -0.478 e. The van der Waals surface area contributed by atoms with E-state index in [1.54, 1.807) is 6.07 Å². The van der Waals surface area contributed by atoms with Gasteiger partial charge in [-0.05, 0) is 54.2 Å². The van der Waals surface area contributed by atoms with E-state index in [-0.39, 0.29) is 12.0 Å². The fourth-order valence-corrected chi connectivity index (χ4v) is 4.31. The third-order valence-corrected chi connectivity index (χ3v) is 5.72. The molecule has 0 aromatic heterocycles. The normalized spacial score (nSPS) is 24.2. The van der Waals surface area contributed by atoms with Crippen molar-refractivity contribution in [2.75, 3.05) is 5.32 Å². The molecule has 2 aliphatic rings. The lowest BCUT2D eigenvalue weighted by Gasteiger charge is -2.39. The summed E-state index contributed by atoms with van der Waals surface area (Å²) in [4.78, 5) is 11.7. The summed E-state index contributed by atoms with van der Waals surface area (Å²) in [5.41, 5.74) is 4.67. The lowest BCUT2D eigenvalue weighted by atomic mass is 9.75. The fourth-order valence-electron chi connectivity index (χ4n) is 4.04. The van der Waals surface area contributed by atoms with Crippen LogP contribution in [0, 0.1) is 12.8 Å². The average Bonchev–Trinajstić information content (AvgIpc) is 3.05. The van der Waals surface area contributed by atoms with Crippen molar-refractivity contribution in [1.29, 1.82) is 0 Å². The van der Waals surface area contributed by atoms with Crippen LogP contribution in [-0.4, -0.2) is 11.1 Å². The quantitative estimate of drug-likeness (QED) is 0.693. The minimum absolute atomic E-state index is 0.154. The average molecular weight is 384 g/mol. The van der Waals surface area contributed by atoms with Crippen LogP contribution in [0.3, 0.4) is 0 Å². The van der Waals surface area contributed by atoms with E-state index in [0.717, 1.165) is 27.7 Å². The summed E-state index contributed by atoms with van der Waals surface area (Å²) in [6, 6.07) is 12.2. The van der Waals surface area contributed by atoms with Crippen molar-refractivity contribution in [3.8, 4) is 0 Å².